The zero-order valence-corrected chi connectivity index (χ0v) is 17.7. The van der Waals surface area contributed by atoms with Crippen molar-refractivity contribution in [1.29, 1.82) is 0 Å². The van der Waals surface area contributed by atoms with Gasteiger partial charge in [0, 0.05) is 18.2 Å². The van der Waals surface area contributed by atoms with Crippen molar-refractivity contribution in [3.05, 3.63) is 71.1 Å². The highest BCUT2D eigenvalue weighted by Gasteiger charge is 2.12. The molecule has 6 nitrogen and oxygen atoms in total. The molecule has 3 N–H and O–H groups in total. The quantitative estimate of drug-likeness (QED) is 0.420. The molecule has 0 atom stereocenters. The average molecular weight is 437 g/mol. The van der Waals surface area contributed by atoms with E-state index >= 15 is 0 Å². The van der Waals surface area contributed by atoms with Crippen LogP contribution in [0.4, 0.5) is 10.2 Å². The van der Waals surface area contributed by atoms with Crippen molar-refractivity contribution in [2.75, 3.05) is 18.5 Å². The third kappa shape index (κ3) is 4.64. The van der Waals surface area contributed by atoms with E-state index in [1.807, 2.05) is 30.5 Å². The number of fused-ring (bicyclic) bond motifs is 1. The molecule has 4 aromatic rings. The van der Waals surface area contributed by atoms with E-state index in [0.717, 1.165) is 16.5 Å². The number of hydrogen-bond acceptors (Lipinski definition) is 6. The van der Waals surface area contributed by atoms with Crippen LogP contribution < -0.4 is 15.8 Å². The van der Waals surface area contributed by atoms with Gasteiger partial charge in [-0.25, -0.2) is 14.4 Å². The van der Waals surface area contributed by atoms with Gasteiger partial charge >= 0.3 is 0 Å². The number of anilines is 1. The van der Waals surface area contributed by atoms with Gasteiger partial charge in [0.15, 0.2) is 0 Å². The van der Waals surface area contributed by atoms with Crippen LogP contribution in [0, 0.1) is 5.82 Å². The first-order chi connectivity index (χ1) is 15.0. The molecule has 2 aromatic heterocycles. The summed E-state index contributed by atoms with van der Waals surface area (Å²) in [5.41, 5.74) is 8.13. The molecular formula is C23H21FN4O2S. The second kappa shape index (κ2) is 9.09. The molecule has 0 unspecified atom stereocenters. The number of nitrogens with zero attached hydrogens (tertiary/aromatic N) is 2. The van der Waals surface area contributed by atoms with E-state index in [0.29, 0.717) is 47.1 Å². The number of thiophene rings is 1. The second-order valence-corrected chi connectivity index (χ2v) is 7.81. The van der Waals surface area contributed by atoms with Gasteiger partial charge in [-0.15, -0.1) is 11.3 Å². The van der Waals surface area contributed by atoms with E-state index in [4.69, 9.17) is 10.5 Å². The number of primary amides is 1. The summed E-state index contributed by atoms with van der Waals surface area (Å²) in [4.78, 5) is 20.2. The van der Waals surface area contributed by atoms with Crippen molar-refractivity contribution >= 4 is 33.1 Å². The van der Waals surface area contributed by atoms with Gasteiger partial charge in [-0.05, 0) is 53.9 Å². The number of ether oxygens (including phenoxy) is 1. The van der Waals surface area contributed by atoms with Crippen LogP contribution in [-0.2, 0) is 6.42 Å². The molecular weight excluding hydrogens is 415 g/mol. The van der Waals surface area contributed by atoms with Crippen LogP contribution in [-0.4, -0.2) is 29.0 Å². The minimum atomic E-state index is -0.544. The van der Waals surface area contributed by atoms with Crippen LogP contribution in [0.2, 0.25) is 0 Å². The molecule has 0 bridgehead atoms. The largest absolute Gasteiger partial charge is 0.493 e. The highest BCUT2D eigenvalue weighted by atomic mass is 32.1. The number of rotatable bonds is 8. The number of nitrogens with one attached hydrogen (secondary N) is 1. The number of carbonyl (C=O) groups excluding carboxylic acids is 1. The Hall–Kier alpha value is -3.52. The Morgan fingerprint density at radius 3 is 2.87 bits per heavy atom. The zero-order valence-electron chi connectivity index (χ0n) is 16.9. The monoisotopic (exact) mass is 436 g/mol. The Morgan fingerprint density at radius 1 is 1.19 bits per heavy atom. The average Bonchev–Trinajstić information content (AvgIpc) is 3.23. The Labute approximate surface area is 182 Å². The van der Waals surface area contributed by atoms with E-state index in [1.54, 1.807) is 24.3 Å². The van der Waals surface area contributed by atoms with Crippen LogP contribution >= 0.6 is 11.3 Å². The number of halogens is 1. The van der Waals surface area contributed by atoms with Gasteiger partial charge in [0.2, 0.25) is 0 Å². The number of nitrogens with two attached hydrogens (primary N) is 1. The number of carbonyl (C=O) groups is 1. The van der Waals surface area contributed by atoms with Crippen LogP contribution in [0.5, 0.6) is 5.75 Å². The van der Waals surface area contributed by atoms with Crippen molar-refractivity contribution in [2.24, 2.45) is 5.73 Å². The summed E-state index contributed by atoms with van der Waals surface area (Å²) in [6.45, 7) is 2.85. The zero-order chi connectivity index (χ0) is 21.8. The molecule has 8 heteroatoms. The molecule has 158 valence electrons. The maximum atomic E-state index is 14.2. The van der Waals surface area contributed by atoms with E-state index in [2.05, 4.69) is 15.3 Å². The third-order valence-electron chi connectivity index (χ3n) is 4.80. The highest BCUT2D eigenvalue weighted by Crippen LogP contribution is 2.28. The van der Waals surface area contributed by atoms with Crippen molar-refractivity contribution in [1.82, 2.24) is 9.97 Å². The fraction of sp³-hybridized carbons (Fsp3) is 0.174. The standard InChI is InChI=1S/C23H21FN4O2S/c1-2-30-20-11-15(3-4-17(20)23(25)29)19-12-21(28-13-27-19)26-7-5-14-9-16-6-8-31-22(16)18(24)10-14/h3-4,6,8-13H,2,5,7H2,1H3,(H2,25,29)(H,26,27,28). The van der Waals surface area contributed by atoms with Crippen LogP contribution in [0.1, 0.15) is 22.8 Å². The lowest BCUT2D eigenvalue weighted by Gasteiger charge is -2.11. The summed E-state index contributed by atoms with van der Waals surface area (Å²) >= 11 is 1.41. The fourth-order valence-electron chi connectivity index (χ4n) is 3.35. The number of benzene rings is 2. The third-order valence-corrected chi connectivity index (χ3v) is 5.73. The van der Waals surface area contributed by atoms with Gasteiger partial charge in [-0.2, -0.15) is 0 Å². The minimum absolute atomic E-state index is 0.184. The highest BCUT2D eigenvalue weighted by molar-refractivity contribution is 7.17. The Bertz CT molecular complexity index is 1240. The minimum Gasteiger partial charge on any atom is -0.493 e. The molecule has 2 heterocycles. The first kappa shape index (κ1) is 20.7. The summed E-state index contributed by atoms with van der Waals surface area (Å²) in [5.74, 6) is 0.346. The summed E-state index contributed by atoms with van der Waals surface area (Å²) < 4.78 is 20.4. The maximum Gasteiger partial charge on any atom is 0.252 e. The Balaban J connectivity index is 1.48. The topological polar surface area (TPSA) is 90.1 Å². The molecule has 0 saturated heterocycles. The molecule has 0 aliphatic rings. The number of amides is 1. The second-order valence-electron chi connectivity index (χ2n) is 6.89. The van der Waals surface area contributed by atoms with Crippen LogP contribution in [0.25, 0.3) is 21.3 Å². The lowest BCUT2D eigenvalue weighted by Crippen LogP contribution is -2.13. The number of hydrogen-bond donors (Lipinski definition) is 2. The van der Waals surface area contributed by atoms with Crippen molar-refractivity contribution in [2.45, 2.75) is 13.3 Å². The molecule has 0 aliphatic carbocycles. The van der Waals surface area contributed by atoms with Gasteiger partial charge in [0.05, 0.1) is 22.6 Å². The predicted octanol–water partition coefficient (Wildman–Crippen LogP) is 4.65. The van der Waals surface area contributed by atoms with Gasteiger partial charge in [0.1, 0.15) is 23.7 Å². The van der Waals surface area contributed by atoms with E-state index in [-0.39, 0.29) is 5.82 Å². The summed E-state index contributed by atoms with van der Waals surface area (Å²) in [6, 6.07) is 12.5. The smallest absolute Gasteiger partial charge is 0.252 e. The molecule has 0 radical (unpaired) electrons. The summed E-state index contributed by atoms with van der Waals surface area (Å²) in [5, 5.41) is 6.08. The Morgan fingerprint density at radius 2 is 2.06 bits per heavy atom. The van der Waals surface area contributed by atoms with Crippen LogP contribution in [0.15, 0.2) is 54.2 Å². The molecule has 0 fully saturated rings. The predicted molar refractivity (Wildman–Crippen MR) is 121 cm³/mol. The van der Waals surface area contributed by atoms with Gasteiger partial charge in [-0.3, -0.25) is 4.79 Å². The fourth-order valence-corrected chi connectivity index (χ4v) is 4.13. The molecule has 1 amide bonds. The first-order valence-corrected chi connectivity index (χ1v) is 10.7. The SMILES string of the molecule is CCOc1cc(-c2cc(NCCc3cc(F)c4sccc4c3)ncn2)ccc1C(N)=O. The summed E-state index contributed by atoms with van der Waals surface area (Å²) in [7, 11) is 0. The maximum absolute atomic E-state index is 14.2. The number of aromatic nitrogens is 2. The molecule has 0 spiro atoms. The van der Waals surface area contributed by atoms with Crippen molar-refractivity contribution < 1.29 is 13.9 Å². The normalized spacial score (nSPS) is 10.9. The van der Waals surface area contributed by atoms with E-state index in [1.165, 1.54) is 17.7 Å². The van der Waals surface area contributed by atoms with Gasteiger partial charge in [-0.1, -0.05) is 12.1 Å². The van der Waals surface area contributed by atoms with E-state index < -0.39 is 5.91 Å². The molecule has 0 aliphatic heterocycles. The Kier molecular flexibility index (Phi) is 6.08. The lowest BCUT2D eigenvalue weighted by atomic mass is 10.1. The van der Waals surface area contributed by atoms with Gasteiger partial charge in [0.25, 0.3) is 5.91 Å². The summed E-state index contributed by atoms with van der Waals surface area (Å²) in [6.07, 6.45) is 2.13. The molecule has 4 rings (SSSR count). The van der Waals surface area contributed by atoms with E-state index in [9.17, 15) is 9.18 Å². The van der Waals surface area contributed by atoms with Crippen molar-refractivity contribution in [3.8, 4) is 17.0 Å². The first-order valence-electron chi connectivity index (χ1n) is 9.83. The van der Waals surface area contributed by atoms with Crippen molar-refractivity contribution in [3.63, 3.8) is 0 Å². The molecule has 0 saturated carbocycles. The molecule has 31 heavy (non-hydrogen) atoms. The van der Waals surface area contributed by atoms with Crippen LogP contribution in [0.3, 0.4) is 0 Å². The van der Waals surface area contributed by atoms with Gasteiger partial charge < -0.3 is 15.8 Å². The lowest BCUT2D eigenvalue weighted by molar-refractivity contribution is 0.0996. The molecule has 2 aromatic carbocycles.